The van der Waals surface area contributed by atoms with Crippen molar-refractivity contribution >= 4 is 11.6 Å². The average Bonchev–Trinajstić information content (AvgIpc) is 2.32. The van der Waals surface area contributed by atoms with Crippen molar-refractivity contribution in [2.24, 2.45) is 0 Å². The van der Waals surface area contributed by atoms with E-state index in [1.807, 2.05) is 45.0 Å². The molecule has 1 aromatic rings. The van der Waals surface area contributed by atoms with Crippen molar-refractivity contribution in [1.82, 2.24) is 0 Å². The number of hydrogen-bond acceptors (Lipinski definition) is 2. The number of ether oxygens (including phenoxy) is 2. The van der Waals surface area contributed by atoms with Crippen molar-refractivity contribution in [3.8, 4) is 17.6 Å². The Balaban J connectivity index is 2.52. The molecule has 0 aliphatic heterocycles. The first kappa shape index (κ1) is 14.9. The highest BCUT2D eigenvalue weighted by Gasteiger charge is 2.09. The Morgan fingerprint density at radius 2 is 1.89 bits per heavy atom. The summed E-state index contributed by atoms with van der Waals surface area (Å²) in [6.07, 6.45) is 0. The monoisotopic (exact) mass is 266 g/mol. The fourth-order valence-corrected chi connectivity index (χ4v) is 1.39. The van der Waals surface area contributed by atoms with E-state index in [1.165, 1.54) is 0 Å². The minimum absolute atomic E-state index is 0.138. The van der Waals surface area contributed by atoms with Crippen LogP contribution >= 0.6 is 11.6 Å². The molecule has 0 N–H and O–H groups in total. The number of hydrogen-bond donors (Lipinski definition) is 0. The van der Waals surface area contributed by atoms with Gasteiger partial charge in [0.2, 0.25) is 0 Å². The van der Waals surface area contributed by atoms with Crippen LogP contribution in [0, 0.1) is 11.8 Å². The van der Waals surface area contributed by atoms with Gasteiger partial charge in [0.1, 0.15) is 12.4 Å². The van der Waals surface area contributed by atoms with Gasteiger partial charge in [-0.25, -0.2) is 0 Å². The molecule has 0 saturated heterocycles. The minimum Gasteiger partial charge on any atom is -0.490 e. The van der Waals surface area contributed by atoms with Crippen LogP contribution in [-0.2, 0) is 4.74 Å². The van der Waals surface area contributed by atoms with E-state index in [0.29, 0.717) is 19.1 Å². The van der Waals surface area contributed by atoms with Crippen LogP contribution in [0.25, 0.3) is 0 Å². The third kappa shape index (κ3) is 5.95. The zero-order valence-electron chi connectivity index (χ0n) is 11.1. The van der Waals surface area contributed by atoms with E-state index in [-0.39, 0.29) is 5.60 Å². The summed E-state index contributed by atoms with van der Waals surface area (Å²) in [6.45, 7) is 7.13. The molecule has 0 aliphatic carbocycles. The van der Waals surface area contributed by atoms with Gasteiger partial charge in [-0.05, 0) is 32.9 Å². The molecule has 18 heavy (non-hydrogen) atoms. The largest absolute Gasteiger partial charge is 0.490 e. The first-order valence-corrected chi connectivity index (χ1v) is 6.47. The predicted octanol–water partition coefficient (Wildman–Crippen LogP) is 3.47. The molecule has 1 rings (SSSR count). The highest BCUT2D eigenvalue weighted by Crippen LogP contribution is 2.16. The van der Waals surface area contributed by atoms with Crippen LogP contribution in [0.4, 0.5) is 0 Å². The van der Waals surface area contributed by atoms with E-state index in [2.05, 4.69) is 11.8 Å². The number of rotatable bonds is 4. The molecule has 98 valence electrons. The summed E-state index contributed by atoms with van der Waals surface area (Å²) in [6, 6.07) is 7.66. The zero-order chi connectivity index (χ0) is 13.4. The first-order valence-electron chi connectivity index (χ1n) is 5.93. The molecule has 0 atom stereocenters. The summed E-state index contributed by atoms with van der Waals surface area (Å²) in [5.41, 5.74) is 0.718. The molecule has 0 aliphatic rings. The van der Waals surface area contributed by atoms with Crippen molar-refractivity contribution in [1.29, 1.82) is 0 Å². The number of benzene rings is 1. The quantitative estimate of drug-likeness (QED) is 0.472. The molecular formula is C15H19ClO2. The summed E-state index contributed by atoms with van der Waals surface area (Å²) in [7, 11) is 0. The van der Waals surface area contributed by atoms with E-state index in [0.717, 1.165) is 11.3 Å². The molecule has 3 heteroatoms. The van der Waals surface area contributed by atoms with Gasteiger partial charge in [0.05, 0.1) is 23.7 Å². The minimum atomic E-state index is -0.138. The summed E-state index contributed by atoms with van der Waals surface area (Å²) in [5, 5.41) is 0. The summed E-state index contributed by atoms with van der Waals surface area (Å²) in [4.78, 5) is 0. The highest BCUT2D eigenvalue weighted by atomic mass is 35.5. The van der Waals surface area contributed by atoms with Crippen molar-refractivity contribution in [2.45, 2.75) is 26.4 Å². The lowest BCUT2D eigenvalue weighted by Gasteiger charge is -2.19. The lowest BCUT2D eigenvalue weighted by molar-refractivity contribution is -0.0163. The molecule has 0 fully saturated rings. The molecule has 0 unspecified atom stereocenters. The maximum atomic E-state index is 5.66. The lowest BCUT2D eigenvalue weighted by Crippen LogP contribution is -2.22. The van der Waals surface area contributed by atoms with E-state index < -0.39 is 0 Å². The number of alkyl halides is 1. The Hall–Kier alpha value is -1.17. The Morgan fingerprint density at radius 1 is 1.17 bits per heavy atom. The number of para-hydroxylation sites is 1. The molecule has 0 aromatic heterocycles. The number of halogens is 1. The molecule has 0 amide bonds. The van der Waals surface area contributed by atoms with Crippen LogP contribution in [-0.4, -0.2) is 24.7 Å². The van der Waals surface area contributed by atoms with Gasteiger partial charge in [-0.3, -0.25) is 0 Å². The first-order chi connectivity index (χ1) is 8.53. The molecule has 0 heterocycles. The molecule has 0 spiro atoms. The van der Waals surface area contributed by atoms with Gasteiger partial charge in [-0.15, -0.1) is 11.6 Å². The fraction of sp³-hybridized carbons (Fsp3) is 0.467. The van der Waals surface area contributed by atoms with Crippen LogP contribution in [0.2, 0.25) is 0 Å². The van der Waals surface area contributed by atoms with Gasteiger partial charge >= 0.3 is 0 Å². The van der Waals surface area contributed by atoms with Crippen molar-refractivity contribution in [3.63, 3.8) is 0 Å². The van der Waals surface area contributed by atoms with Crippen LogP contribution in [0.1, 0.15) is 26.3 Å². The van der Waals surface area contributed by atoms with E-state index in [4.69, 9.17) is 21.1 Å². The van der Waals surface area contributed by atoms with Crippen LogP contribution in [0.3, 0.4) is 0 Å². The maximum Gasteiger partial charge on any atom is 0.135 e. The van der Waals surface area contributed by atoms with Crippen LogP contribution in [0.15, 0.2) is 24.3 Å². The van der Waals surface area contributed by atoms with Crippen molar-refractivity contribution in [3.05, 3.63) is 29.8 Å². The van der Waals surface area contributed by atoms with Crippen LogP contribution in [0.5, 0.6) is 5.75 Å². The molecule has 0 saturated carbocycles. The zero-order valence-corrected chi connectivity index (χ0v) is 11.9. The van der Waals surface area contributed by atoms with Gasteiger partial charge in [0, 0.05) is 0 Å². The Kier molecular flexibility index (Phi) is 6.04. The van der Waals surface area contributed by atoms with Crippen molar-refractivity contribution < 1.29 is 9.47 Å². The van der Waals surface area contributed by atoms with Crippen molar-refractivity contribution in [2.75, 3.05) is 19.1 Å². The third-order valence-corrected chi connectivity index (χ3v) is 2.19. The molecule has 2 nitrogen and oxygen atoms in total. The van der Waals surface area contributed by atoms with Gasteiger partial charge < -0.3 is 9.47 Å². The second kappa shape index (κ2) is 7.31. The van der Waals surface area contributed by atoms with E-state index in [1.54, 1.807) is 0 Å². The summed E-state index contributed by atoms with van der Waals surface area (Å²) >= 11 is 5.55. The van der Waals surface area contributed by atoms with E-state index >= 15 is 0 Å². The standard InChI is InChI=1S/C15H19ClO2/c1-15(2,3)18-12-11-17-14-9-5-4-7-13(14)8-6-10-16/h4-5,7,9H,10-12H2,1-3H3. The SMILES string of the molecule is CC(C)(C)OCCOc1ccccc1C#CCCl. The highest BCUT2D eigenvalue weighted by molar-refractivity contribution is 6.19. The molecule has 1 aromatic carbocycles. The van der Waals surface area contributed by atoms with Crippen LogP contribution < -0.4 is 4.74 Å². The molecule has 0 radical (unpaired) electrons. The van der Waals surface area contributed by atoms with E-state index in [9.17, 15) is 0 Å². The Labute approximate surface area is 114 Å². The fourth-order valence-electron chi connectivity index (χ4n) is 1.32. The second-order valence-corrected chi connectivity index (χ2v) is 5.01. The van der Waals surface area contributed by atoms with Gasteiger partial charge in [0.25, 0.3) is 0 Å². The maximum absolute atomic E-state index is 5.66. The van der Waals surface area contributed by atoms with Gasteiger partial charge in [0.15, 0.2) is 0 Å². The Morgan fingerprint density at radius 3 is 2.56 bits per heavy atom. The lowest BCUT2D eigenvalue weighted by atomic mass is 10.2. The van der Waals surface area contributed by atoms with Gasteiger partial charge in [-0.1, -0.05) is 24.0 Å². The predicted molar refractivity (Wildman–Crippen MR) is 75.2 cm³/mol. The summed E-state index contributed by atoms with van der Waals surface area (Å²) in [5.74, 6) is 6.89. The normalized spacial score (nSPS) is 10.7. The third-order valence-electron chi connectivity index (χ3n) is 2.05. The average molecular weight is 267 g/mol. The second-order valence-electron chi connectivity index (χ2n) is 4.74. The topological polar surface area (TPSA) is 18.5 Å². The Bertz CT molecular complexity index is 424. The smallest absolute Gasteiger partial charge is 0.135 e. The van der Waals surface area contributed by atoms with Gasteiger partial charge in [-0.2, -0.15) is 0 Å². The summed E-state index contributed by atoms with van der Waals surface area (Å²) < 4.78 is 11.2. The molecule has 0 bridgehead atoms. The molecular weight excluding hydrogens is 248 g/mol.